The van der Waals surface area contributed by atoms with Gasteiger partial charge >= 0.3 is 18.8 Å². The molecule has 2 rings (SSSR count). The largest absolute Gasteiger partial charge is 0.461 e. The van der Waals surface area contributed by atoms with Crippen molar-refractivity contribution in [3.63, 3.8) is 0 Å². The van der Waals surface area contributed by atoms with Crippen molar-refractivity contribution in [2.45, 2.75) is 52.1 Å². The molecule has 172 valence electrons. The van der Waals surface area contributed by atoms with Crippen molar-refractivity contribution in [1.29, 1.82) is 0 Å². The van der Waals surface area contributed by atoms with E-state index < -0.39 is 43.5 Å². The van der Waals surface area contributed by atoms with E-state index in [-0.39, 0.29) is 40.7 Å². The number of carbonyl (C=O) groups is 1. The predicted octanol–water partition coefficient (Wildman–Crippen LogP) is 5.38. The van der Waals surface area contributed by atoms with Gasteiger partial charge in [0.05, 0.1) is 18.4 Å². The summed E-state index contributed by atoms with van der Waals surface area (Å²) in [5.41, 5.74) is -0.174. The molecule has 12 heteroatoms. The molecule has 0 amide bonds. The summed E-state index contributed by atoms with van der Waals surface area (Å²) in [6.45, 7) is 0.264. The number of alkyl halides is 5. The SMILES string of the molecule is CCOC(=O)c1nn(CC)c(-c2ccc(C(O)CCC(F)(F)F)cc2OC(F)F)c1Cl. The van der Waals surface area contributed by atoms with Crippen LogP contribution in [0, 0.1) is 0 Å². The highest BCUT2D eigenvalue weighted by atomic mass is 35.5. The third kappa shape index (κ3) is 6.30. The highest BCUT2D eigenvalue weighted by Crippen LogP contribution is 2.40. The quantitative estimate of drug-likeness (QED) is 0.393. The Hall–Kier alpha value is -2.40. The summed E-state index contributed by atoms with van der Waals surface area (Å²) < 4.78 is 74.0. The minimum absolute atomic E-state index is 0.0157. The summed E-state index contributed by atoms with van der Waals surface area (Å²) in [4.78, 5) is 12.1. The molecule has 0 spiro atoms. The maximum atomic E-state index is 13.0. The first kappa shape index (κ1) is 24.9. The van der Waals surface area contributed by atoms with E-state index >= 15 is 0 Å². The number of rotatable bonds is 9. The second-order valence-corrected chi connectivity index (χ2v) is 6.73. The Morgan fingerprint density at radius 2 is 1.97 bits per heavy atom. The van der Waals surface area contributed by atoms with Crippen molar-refractivity contribution in [3.8, 4) is 17.0 Å². The van der Waals surface area contributed by atoms with E-state index in [1.165, 1.54) is 16.8 Å². The minimum atomic E-state index is -4.48. The number of nitrogens with zero attached hydrogens (tertiary/aromatic N) is 2. The van der Waals surface area contributed by atoms with E-state index in [0.717, 1.165) is 6.07 Å². The zero-order valence-corrected chi connectivity index (χ0v) is 17.3. The van der Waals surface area contributed by atoms with E-state index in [0.29, 0.717) is 0 Å². The Kier molecular flexibility index (Phi) is 8.24. The lowest BCUT2D eigenvalue weighted by atomic mass is 10.0. The number of carbonyl (C=O) groups excluding carboxylic acids is 1. The van der Waals surface area contributed by atoms with E-state index in [4.69, 9.17) is 16.3 Å². The Morgan fingerprint density at radius 1 is 1.29 bits per heavy atom. The maximum absolute atomic E-state index is 13.0. The van der Waals surface area contributed by atoms with Gasteiger partial charge in [0, 0.05) is 18.5 Å². The first-order valence-electron chi connectivity index (χ1n) is 9.25. The summed E-state index contributed by atoms with van der Waals surface area (Å²) >= 11 is 6.28. The van der Waals surface area contributed by atoms with E-state index in [9.17, 15) is 31.9 Å². The number of aryl methyl sites for hydroxylation is 1. The minimum Gasteiger partial charge on any atom is -0.461 e. The van der Waals surface area contributed by atoms with Crippen molar-refractivity contribution in [2.75, 3.05) is 6.61 Å². The predicted molar refractivity (Wildman–Crippen MR) is 101 cm³/mol. The van der Waals surface area contributed by atoms with Gasteiger partial charge in [-0.3, -0.25) is 4.68 Å². The molecule has 1 aromatic carbocycles. The molecule has 1 unspecified atom stereocenters. The average Bonchev–Trinajstić information content (AvgIpc) is 3.01. The molecule has 6 nitrogen and oxygen atoms in total. The molecule has 0 saturated heterocycles. The molecule has 0 saturated carbocycles. The molecule has 2 aromatic rings. The van der Waals surface area contributed by atoms with Crippen LogP contribution in [0.25, 0.3) is 11.3 Å². The van der Waals surface area contributed by atoms with Crippen LogP contribution in [-0.2, 0) is 11.3 Å². The van der Waals surface area contributed by atoms with Crippen LogP contribution < -0.4 is 4.74 Å². The van der Waals surface area contributed by atoms with Crippen molar-refractivity contribution in [2.24, 2.45) is 0 Å². The summed E-state index contributed by atoms with van der Waals surface area (Å²) in [6.07, 6.45) is -7.94. The fraction of sp³-hybridized carbons (Fsp3) is 0.474. The molecule has 0 aliphatic carbocycles. The van der Waals surface area contributed by atoms with Crippen LogP contribution in [0.2, 0.25) is 5.02 Å². The number of esters is 1. The highest BCUT2D eigenvalue weighted by molar-refractivity contribution is 6.36. The molecule has 1 aromatic heterocycles. The molecule has 0 fully saturated rings. The van der Waals surface area contributed by atoms with Crippen LogP contribution in [0.4, 0.5) is 22.0 Å². The fourth-order valence-corrected chi connectivity index (χ4v) is 3.17. The van der Waals surface area contributed by atoms with Crippen molar-refractivity contribution in [3.05, 3.63) is 34.5 Å². The lowest BCUT2D eigenvalue weighted by molar-refractivity contribution is -0.140. The number of hydrogen-bond donors (Lipinski definition) is 1. The third-order valence-electron chi connectivity index (χ3n) is 4.23. The Labute approximate surface area is 179 Å². The summed E-state index contributed by atoms with van der Waals surface area (Å²) in [7, 11) is 0. The first-order chi connectivity index (χ1) is 14.5. The third-order valence-corrected chi connectivity index (χ3v) is 4.58. The Bertz CT molecular complexity index is 917. The van der Waals surface area contributed by atoms with Gasteiger partial charge in [0.15, 0.2) is 5.69 Å². The molecule has 31 heavy (non-hydrogen) atoms. The monoisotopic (exact) mass is 470 g/mol. The molecular weight excluding hydrogens is 451 g/mol. The van der Waals surface area contributed by atoms with Crippen molar-refractivity contribution < 1.29 is 41.3 Å². The van der Waals surface area contributed by atoms with Gasteiger partial charge in [0.1, 0.15) is 10.8 Å². The fourth-order valence-electron chi connectivity index (χ4n) is 2.86. The van der Waals surface area contributed by atoms with E-state index in [2.05, 4.69) is 9.84 Å². The molecule has 1 N–H and O–H groups in total. The van der Waals surface area contributed by atoms with E-state index in [1.54, 1.807) is 13.8 Å². The van der Waals surface area contributed by atoms with Crippen LogP contribution in [0.3, 0.4) is 0 Å². The molecule has 0 aliphatic rings. The summed E-state index contributed by atoms with van der Waals surface area (Å²) in [5, 5.41) is 13.9. The Balaban J connectivity index is 2.52. The smallest absolute Gasteiger partial charge is 0.389 e. The standard InChI is InChI=1S/C19H20ClF5N2O4/c1-3-27-16(14(20)15(26-27)17(29)30-4-2)11-6-5-10(9-13(11)31-18(21)22)12(28)7-8-19(23,24)25/h5-6,9,12,18,28H,3-4,7-8H2,1-2H3. The van der Waals surface area contributed by atoms with Crippen LogP contribution in [-0.4, -0.2) is 40.3 Å². The average molecular weight is 471 g/mol. The normalized spacial score (nSPS) is 12.8. The van der Waals surface area contributed by atoms with Gasteiger partial charge in [-0.05, 0) is 38.0 Å². The molecule has 0 aliphatic heterocycles. The zero-order valence-electron chi connectivity index (χ0n) is 16.5. The maximum Gasteiger partial charge on any atom is 0.389 e. The van der Waals surface area contributed by atoms with Crippen LogP contribution in [0.5, 0.6) is 5.75 Å². The number of aliphatic hydroxyl groups excluding tert-OH is 1. The Morgan fingerprint density at radius 3 is 2.52 bits per heavy atom. The van der Waals surface area contributed by atoms with Crippen molar-refractivity contribution in [1.82, 2.24) is 9.78 Å². The highest BCUT2D eigenvalue weighted by Gasteiger charge is 2.29. The molecule has 1 heterocycles. The second kappa shape index (κ2) is 10.3. The number of ether oxygens (including phenoxy) is 2. The first-order valence-corrected chi connectivity index (χ1v) is 9.63. The molecular formula is C19H20ClF5N2O4. The number of hydrogen-bond acceptors (Lipinski definition) is 5. The van der Waals surface area contributed by atoms with Gasteiger partial charge < -0.3 is 14.6 Å². The molecule has 0 radical (unpaired) electrons. The molecule has 0 bridgehead atoms. The van der Waals surface area contributed by atoms with Gasteiger partial charge in [-0.15, -0.1) is 0 Å². The number of halogens is 6. The topological polar surface area (TPSA) is 73.6 Å². The number of benzene rings is 1. The summed E-state index contributed by atoms with van der Waals surface area (Å²) in [6, 6.07) is 3.53. The lowest BCUT2D eigenvalue weighted by Crippen LogP contribution is -2.11. The molecule has 1 atom stereocenters. The van der Waals surface area contributed by atoms with Crippen LogP contribution >= 0.6 is 11.6 Å². The van der Waals surface area contributed by atoms with Gasteiger partial charge in [0.25, 0.3) is 0 Å². The van der Waals surface area contributed by atoms with Gasteiger partial charge in [-0.2, -0.15) is 27.1 Å². The number of aliphatic hydroxyl groups is 1. The lowest BCUT2D eigenvalue weighted by Gasteiger charge is -2.17. The van der Waals surface area contributed by atoms with Crippen molar-refractivity contribution >= 4 is 17.6 Å². The van der Waals surface area contributed by atoms with Gasteiger partial charge in [-0.25, -0.2) is 4.79 Å². The van der Waals surface area contributed by atoms with E-state index in [1.807, 2.05) is 0 Å². The van der Waals surface area contributed by atoms with Crippen LogP contribution in [0.1, 0.15) is 48.8 Å². The summed E-state index contributed by atoms with van der Waals surface area (Å²) in [5.74, 6) is -1.25. The second-order valence-electron chi connectivity index (χ2n) is 6.35. The van der Waals surface area contributed by atoms with Crippen LogP contribution in [0.15, 0.2) is 18.2 Å². The zero-order chi connectivity index (χ0) is 23.3. The van der Waals surface area contributed by atoms with Gasteiger partial charge in [-0.1, -0.05) is 17.7 Å². The number of aromatic nitrogens is 2. The van der Waals surface area contributed by atoms with Gasteiger partial charge in [0.2, 0.25) is 0 Å².